The van der Waals surface area contributed by atoms with Crippen LogP contribution in [0.5, 0.6) is 0 Å². The first-order valence-electron chi connectivity index (χ1n) is 6.39. The van der Waals surface area contributed by atoms with Crippen molar-refractivity contribution < 1.29 is 13.2 Å². The lowest BCUT2D eigenvalue weighted by Gasteiger charge is -2.16. The third kappa shape index (κ3) is 4.80. The molecule has 0 radical (unpaired) electrons. The van der Waals surface area contributed by atoms with Gasteiger partial charge in [-0.25, -0.2) is 0 Å². The van der Waals surface area contributed by atoms with Crippen molar-refractivity contribution in [3.8, 4) is 0 Å². The number of hydrogen-bond acceptors (Lipinski definition) is 3. The molecule has 1 aromatic heterocycles. The zero-order valence-corrected chi connectivity index (χ0v) is 10.9. The van der Waals surface area contributed by atoms with Crippen LogP contribution in [0.2, 0.25) is 0 Å². The first kappa shape index (κ1) is 14.3. The number of likely N-dealkylation sites (N-methyl/N-ethyl adjacent to an activating group) is 1. The van der Waals surface area contributed by atoms with Gasteiger partial charge < -0.3 is 5.32 Å². The maximum atomic E-state index is 12.4. The topological polar surface area (TPSA) is 28.2 Å². The summed E-state index contributed by atoms with van der Waals surface area (Å²) >= 11 is 0. The van der Waals surface area contributed by atoms with E-state index in [1.165, 1.54) is 18.9 Å². The molecule has 0 aromatic carbocycles. The molecular weight excluding hydrogens is 255 g/mol. The normalized spacial score (nSPS) is 16.1. The molecule has 1 aliphatic rings. The molecule has 1 fully saturated rings. The van der Waals surface area contributed by atoms with Crippen LogP contribution in [-0.4, -0.2) is 36.1 Å². The van der Waals surface area contributed by atoms with Gasteiger partial charge in [-0.05, 0) is 32.0 Å². The minimum absolute atomic E-state index is 0.560. The molecule has 1 N–H and O–H groups in total. The summed E-state index contributed by atoms with van der Waals surface area (Å²) in [6, 6.07) is 3.20. The number of halogens is 3. The number of pyridine rings is 1. The van der Waals surface area contributed by atoms with Crippen molar-refractivity contribution in [2.45, 2.75) is 31.6 Å². The van der Waals surface area contributed by atoms with Gasteiger partial charge in [-0.15, -0.1) is 0 Å². The molecule has 1 saturated carbocycles. The van der Waals surface area contributed by atoms with Crippen LogP contribution in [0.15, 0.2) is 18.3 Å². The van der Waals surface area contributed by atoms with Crippen LogP contribution in [0.4, 0.5) is 13.2 Å². The minimum atomic E-state index is -4.31. The Hall–Kier alpha value is -1.14. The average Bonchev–Trinajstić information content (AvgIpc) is 3.12. The van der Waals surface area contributed by atoms with Gasteiger partial charge >= 0.3 is 6.18 Å². The summed E-state index contributed by atoms with van der Waals surface area (Å²) in [4.78, 5) is 5.91. The molecule has 0 atom stereocenters. The number of alkyl halides is 3. The number of rotatable bonds is 6. The molecular formula is C13H18F3N3. The number of nitrogens with one attached hydrogen (secondary N) is 1. The second kappa shape index (κ2) is 5.88. The lowest BCUT2D eigenvalue weighted by molar-refractivity contribution is -0.137. The summed E-state index contributed by atoms with van der Waals surface area (Å²) in [7, 11) is 1.94. The smallest absolute Gasteiger partial charge is 0.313 e. The molecule has 2 rings (SSSR count). The fourth-order valence-electron chi connectivity index (χ4n) is 1.79. The van der Waals surface area contributed by atoms with Crippen molar-refractivity contribution in [1.29, 1.82) is 0 Å². The van der Waals surface area contributed by atoms with Crippen molar-refractivity contribution in [2.75, 3.05) is 20.1 Å². The van der Waals surface area contributed by atoms with Crippen molar-refractivity contribution in [1.82, 2.24) is 15.2 Å². The van der Waals surface area contributed by atoms with Gasteiger partial charge in [0.05, 0.1) is 11.3 Å². The van der Waals surface area contributed by atoms with E-state index >= 15 is 0 Å². The molecule has 0 saturated heterocycles. The van der Waals surface area contributed by atoms with Crippen LogP contribution in [-0.2, 0) is 12.7 Å². The molecule has 106 valence electrons. The maximum Gasteiger partial charge on any atom is 0.417 e. The predicted molar refractivity (Wildman–Crippen MR) is 66.6 cm³/mol. The lowest BCUT2D eigenvalue weighted by Crippen LogP contribution is -2.30. The van der Waals surface area contributed by atoms with Gasteiger partial charge in [-0.3, -0.25) is 9.88 Å². The Labute approximate surface area is 110 Å². The summed E-state index contributed by atoms with van der Waals surface area (Å²) < 4.78 is 37.1. The van der Waals surface area contributed by atoms with Crippen molar-refractivity contribution in [3.63, 3.8) is 0 Å². The molecule has 1 heterocycles. The molecule has 0 bridgehead atoms. The van der Waals surface area contributed by atoms with E-state index in [1.54, 1.807) is 0 Å². The third-order valence-corrected chi connectivity index (χ3v) is 3.09. The SMILES string of the molecule is CN(CCNC1CC1)Cc1ccc(C(F)(F)F)cn1. The second-order valence-electron chi connectivity index (χ2n) is 5.00. The van der Waals surface area contributed by atoms with Crippen LogP contribution in [0, 0.1) is 0 Å². The second-order valence-corrected chi connectivity index (χ2v) is 5.00. The third-order valence-electron chi connectivity index (χ3n) is 3.09. The summed E-state index contributed by atoms with van der Waals surface area (Å²) in [6.07, 6.45) is -0.911. The van der Waals surface area contributed by atoms with Crippen LogP contribution < -0.4 is 5.32 Å². The summed E-state index contributed by atoms with van der Waals surface area (Å²) in [6.45, 7) is 2.32. The summed E-state index contributed by atoms with van der Waals surface area (Å²) in [5, 5.41) is 3.39. The highest BCUT2D eigenvalue weighted by atomic mass is 19.4. The summed E-state index contributed by atoms with van der Waals surface area (Å²) in [5.74, 6) is 0. The van der Waals surface area contributed by atoms with Crippen molar-refractivity contribution >= 4 is 0 Å². The van der Waals surface area contributed by atoms with Crippen LogP contribution in [0.3, 0.4) is 0 Å². The van der Waals surface area contributed by atoms with Gasteiger partial charge in [-0.1, -0.05) is 0 Å². The van der Waals surface area contributed by atoms with Crippen LogP contribution in [0.1, 0.15) is 24.1 Å². The maximum absolute atomic E-state index is 12.4. The molecule has 19 heavy (non-hydrogen) atoms. The van der Waals surface area contributed by atoms with E-state index in [1.807, 2.05) is 11.9 Å². The molecule has 0 amide bonds. The quantitative estimate of drug-likeness (QED) is 0.862. The van der Waals surface area contributed by atoms with E-state index < -0.39 is 11.7 Å². The highest BCUT2D eigenvalue weighted by Crippen LogP contribution is 2.28. The largest absolute Gasteiger partial charge is 0.417 e. The zero-order chi connectivity index (χ0) is 13.9. The molecule has 6 heteroatoms. The van der Waals surface area contributed by atoms with Gasteiger partial charge in [0.2, 0.25) is 0 Å². The average molecular weight is 273 g/mol. The Morgan fingerprint density at radius 2 is 2.11 bits per heavy atom. The van der Waals surface area contributed by atoms with Crippen LogP contribution in [0.25, 0.3) is 0 Å². The number of hydrogen-bond donors (Lipinski definition) is 1. The molecule has 0 spiro atoms. The van der Waals surface area contributed by atoms with Gasteiger partial charge in [0, 0.05) is 31.9 Å². The van der Waals surface area contributed by atoms with E-state index in [0.29, 0.717) is 18.3 Å². The number of aromatic nitrogens is 1. The van der Waals surface area contributed by atoms with Gasteiger partial charge in [-0.2, -0.15) is 13.2 Å². The first-order chi connectivity index (χ1) is 8.95. The Morgan fingerprint density at radius 3 is 2.63 bits per heavy atom. The molecule has 1 aliphatic carbocycles. The van der Waals surface area contributed by atoms with E-state index in [0.717, 1.165) is 25.4 Å². The fourth-order valence-corrected chi connectivity index (χ4v) is 1.79. The van der Waals surface area contributed by atoms with Gasteiger partial charge in [0.25, 0.3) is 0 Å². The van der Waals surface area contributed by atoms with E-state index in [2.05, 4.69) is 10.3 Å². The zero-order valence-electron chi connectivity index (χ0n) is 10.9. The number of nitrogens with zero attached hydrogens (tertiary/aromatic N) is 2. The van der Waals surface area contributed by atoms with Crippen molar-refractivity contribution in [2.24, 2.45) is 0 Å². The van der Waals surface area contributed by atoms with Crippen LogP contribution >= 0.6 is 0 Å². The Morgan fingerprint density at radius 1 is 1.37 bits per heavy atom. The molecule has 1 aromatic rings. The minimum Gasteiger partial charge on any atom is -0.313 e. The molecule has 3 nitrogen and oxygen atoms in total. The predicted octanol–water partition coefficient (Wildman–Crippen LogP) is 2.28. The van der Waals surface area contributed by atoms with Gasteiger partial charge in [0.15, 0.2) is 0 Å². The van der Waals surface area contributed by atoms with E-state index in [4.69, 9.17) is 0 Å². The highest BCUT2D eigenvalue weighted by Gasteiger charge is 2.30. The highest BCUT2D eigenvalue weighted by molar-refractivity contribution is 5.16. The van der Waals surface area contributed by atoms with E-state index in [-0.39, 0.29) is 0 Å². The molecule has 0 unspecified atom stereocenters. The Bertz CT molecular complexity index is 399. The fraction of sp³-hybridized carbons (Fsp3) is 0.615. The Balaban J connectivity index is 1.77. The van der Waals surface area contributed by atoms with Gasteiger partial charge in [0.1, 0.15) is 0 Å². The lowest BCUT2D eigenvalue weighted by atomic mass is 10.2. The molecule has 0 aliphatic heterocycles. The van der Waals surface area contributed by atoms with Crippen molar-refractivity contribution in [3.05, 3.63) is 29.6 Å². The standard InChI is InChI=1S/C13H18F3N3/c1-19(7-6-17-11-4-5-11)9-12-3-2-10(8-18-12)13(14,15)16/h2-3,8,11,17H,4-7,9H2,1H3. The Kier molecular flexibility index (Phi) is 4.42. The van der Waals surface area contributed by atoms with E-state index in [9.17, 15) is 13.2 Å². The first-order valence-corrected chi connectivity index (χ1v) is 6.39. The summed E-state index contributed by atoms with van der Waals surface area (Å²) in [5.41, 5.74) is -0.0452. The monoisotopic (exact) mass is 273 g/mol.